The van der Waals surface area contributed by atoms with Crippen LogP contribution in [0.25, 0.3) is 0 Å². The summed E-state index contributed by atoms with van der Waals surface area (Å²) in [6.07, 6.45) is 5.23. The Morgan fingerprint density at radius 2 is 1.38 bits per heavy atom. The van der Waals surface area contributed by atoms with E-state index in [1.165, 1.54) is 22.3 Å². The van der Waals surface area contributed by atoms with Crippen LogP contribution in [0.2, 0.25) is 0 Å². The second-order valence-corrected chi connectivity index (χ2v) is 11.7. The molecule has 3 aliphatic rings. The van der Waals surface area contributed by atoms with E-state index in [1.54, 1.807) is 28.4 Å². The van der Waals surface area contributed by atoms with Crippen molar-refractivity contribution in [1.82, 2.24) is 9.80 Å². The number of hydrogen-bond donors (Lipinski definition) is 0. The van der Waals surface area contributed by atoms with Crippen LogP contribution in [-0.2, 0) is 25.5 Å². The van der Waals surface area contributed by atoms with Gasteiger partial charge in [-0.15, -0.1) is 0 Å². The van der Waals surface area contributed by atoms with Crippen LogP contribution in [0.4, 0.5) is 0 Å². The summed E-state index contributed by atoms with van der Waals surface area (Å²) in [6.45, 7) is 5.38. The van der Waals surface area contributed by atoms with Gasteiger partial charge in [-0.25, -0.2) is 0 Å². The fraction of sp³-hybridized carbons (Fsp3) is 0.567. The predicted molar refractivity (Wildman–Crippen MR) is 157 cm³/mol. The van der Waals surface area contributed by atoms with E-state index < -0.39 is 0 Å². The van der Waals surface area contributed by atoms with Gasteiger partial charge < -0.3 is 48.7 Å². The van der Waals surface area contributed by atoms with Crippen molar-refractivity contribution in [2.75, 3.05) is 48.1 Å². The average Bonchev–Trinajstić information content (AvgIpc) is 2.94. The van der Waals surface area contributed by atoms with E-state index in [1.807, 2.05) is 0 Å². The predicted octanol–water partition coefficient (Wildman–Crippen LogP) is 2.49. The molecule has 3 heterocycles. The molecular weight excluding hydrogens is 539 g/mol. The molecule has 0 aliphatic carbocycles. The fourth-order valence-corrected chi connectivity index (χ4v) is 7.48. The van der Waals surface area contributed by atoms with Crippen LogP contribution in [0.3, 0.4) is 0 Å². The Bertz CT molecular complexity index is 1200. The van der Waals surface area contributed by atoms with Crippen LogP contribution < -0.4 is 48.5 Å². The van der Waals surface area contributed by atoms with Gasteiger partial charge in [-0.05, 0) is 84.0 Å². The smallest absolute Gasteiger partial charge is 0.493 e. The monoisotopic (exact) mass is 578 g/mol. The van der Waals surface area contributed by atoms with Gasteiger partial charge in [0.2, 0.25) is 0 Å². The number of hydrogen-bond acceptors (Lipinski definition) is 7. The topological polar surface area (TPSA) is 43.4 Å². The first kappa shape index (κ1) is 30.7. The van der Waals surface area contributed by atoms with Crippen LogP contribution in [-0.4, -0.2) is 62.2 Å². The minimum absolute atomic E-state index is 0. The standard InChI is InChI=1S/C30H40N2O4S2.Na/c1-6-18-17-31-9-7-19-13-26(33-2)28(35-4)15-22(19)24(31)11-21(18)12-25-23-16-29(36-5)27(34-3)14-20(23)8-10-32(25)30(37)38;/h13-16,18,21,24-25H,6-12,17H2,1-5H3,(H,37,38);/q;+1/p-1/t18-,21+,24-,25+;/m0./s1. The first-order chi connectivity index (χ1) is 18.4. The largest absolute Gasteiger partial charge is 1.00 e. The molecule has 9 heteroatoms. The van der Waals surface area contributed by atoms with E-state index in [0.717, 1.165) is 74.7 Å². The molecule has 2 aromatic rings. The number of rotatable bonds is 7. The molecule has 1 fully saturated rings. The average molecular weight is 579 g/mol. The summed E-state index contributed by atoms with van der Waals surface area (Å²) in [6, 6.07) is 9.21. The molecule has 0 amide bonds. The van der Waals surface area contributed by atoms with E-state index in [4.69, 9.17) is 43.8 Å². The number of nitrogens with zero attached hydrogens (tertiary/aromatic N) is 2. The number of benzene rings is 2. The van der Waals surface area contributed by atoms with Gasteiger partial charge in [0.25, 0.3) is 0 Å². The zero-order valence-corrected chi connectivity index (χ0v) is 27.8. The van der Waals surface area contributed by atoms with E-state index >= 15 is 0 Å². The van der Waals surface area contributed by atoms with Crippen LogP contribution >= 0.6 is 12.2 Å². The van der Waals surface area contributed by atoms with Crippen LogP contribution in [0.15, 0.2) is 24.3 Å². The van der Waals surface area contributed by atoms with Gasteiger partial charge in [0.15, 0.2) is 23.0 Å². The van der Waals surface area contributed by atoms with Gasteiger partial charge in [0, 0.05) is 25.7 Å². The molecule has 3 aliphatic heterocycles. The van der Waals surface area contributed by atoms with Crippen molar-refractivity contribution >= 4 is 29.2 Å². The molecule has 0 spiro atoms. The maximum absolute atomic E-state index is 5.70. The zero-order valence-electron chi connectivity index (χ0n) is 24.1. The molecule has 6 nitrogen and oxygen atoms in total. The number of methoxy groups -OCH3 is 4. The van der Waals surface area contributed by atoms with Crippen LogP contribution in [0.1, 0.15) is 60.5 Å². The molecule has 1 saturated heterocycles. The molecule has 206 valence electrons. The first-order valence-corrected chi connectivity index (χ1v) is 14.4. The Balaban J connectivity index is 0.00000353. The van der Waals surface area contributed by atoms with Crippen molar-refractivity contribution in [3.05, 3.63) is 46.5 Å². The van der Waals surface area contributed by atoms with Crippen molar-refractivity contribution < 1.29 is 48.5 Å². The minimum Gasteiger partial charge on any atom is -0.493 e. The molecule has 4 atom stereocenters. The number of thiocarbonyl (C=S) groups is 1. The van der Waals surface area contributed by atoms with Gasteiger partial charge in [-0.2, -0.15) is 0 Å². The third-order valence-electron chi connectivity index (χ3n) is 9.06. The quantitative estimate of drug-likeness (QED) is 0.282. The Morgan fingerprint density at radius 1 is 0.846 bits per heavy atom. The molecule has 39 heavy (non-hydrogen) atoms. The molecule has 0 unspecified atom stereocenters. The summed E-state index contributed by atoms with van der Waals surface area (Å²) in [5.41, 5.74) is 5.35. The van der Waals surface area contributed by atoms with Crippen molar-refractivity contribution in [2.24, 2.45) is 11.8 Å². The number of piperidine rings is 1. The van der Waals surface area contributed by atoms with E-state index in [0.29, 0.717) is 22.2 Å². The van der Waals surface area contributed by atoms with Crippen molar-refractivity contribution in [2.45, 2.75) is 51.1 Å². The fourth-order valence-electron chi connectivity index (χ4n) is 7.04. The molecule has 0 saturated carbocycles. The summed E-state index contributed by atoms with van der Waals surface area (Å²) in [5, 5.41) is 0. The van der Waals surface area contributed by atoms with E-state index in [-0.39, 0.29) is 35.6 Å². The molecular formula is C30H39N2NaO4S2. The second kappa shape index (κ2) is 13.1. The van der Waals surface area contributed by atoms with Crippen molar-refractivity contribution in [3.8, 4) is 23.0 Å². The third kappa shape index (κ3) is 5.88. The minimum atomic E-state index is 0. The second-order valence-electron chi connectivity index (χ2n) is 10.7. The van der Waals surface area contributed by atoms with E-state index in [9.17, 15) is 0 Å². The normalized spacial score (nSPS) is 24.0. The van der Waals surface area contributed by atoms with Gasteiger partial charge in [0.1, 0.15) is 0 Å². The van der Waals surface area contributed by atoms with Crippen LogP contribution in [0.5, 0.6) is 23.0 Å². The van der Waals surface area contributed by atoms with Crippen molar-refractivity contribution in [1.29, 1.82) is 0 Å². The van der Waals surface area contributed by atoms with Gasteiger partial charge in [-0.1, -0.05) is 17.7 Å². The van der Waals surface area contributed by atoms with Crippen molar-refractivity contribution in [3.63, 3.8) is 0 Å². The molecule has 0 N–H and O–H groups in total. The Morgan fingerprint density at radius 3 is 1.95 bits per heavy atom. The maximum atomic E-state index is 5.70. The molecule has 0 aromatic heterocycles. The van der Waals surface area contributed by atoms with Gasteiger partial charge >= 0.3 is 29.6 Å². The maximum Gasteiger partial charge on any atom is 1.00 e. The third-order valence-corrected chi connectivity index (χ3v) is 9.53. The Labute approximate surface area is 266 Å². The van der Waals surface area contributed by atoms with Crippen LogP contribution in [0, 0.1) is 11.8 Å². The first-order valence-electron chi connectivity index (χ1n) is 13.6. The summed E-state index contributed by atoms with van der Waals surface area (Å²) in [7, 11) is 6.83. The summed E-state index contributed by atoms with van der Waals surface area (Å²) < 4.78 is 23.2. The summed E-state index contributed by atoms with van der Waals surface area (Å²) in [4.78, 5) is 4.96. The molecule has 0 radical (unpaired) electrons. The summed E-state index contributed by atoms with van der Waals surface area (Å²) >= 11 is 11.2. The number of ether oxygens (including phenoxy) is 4. The molecule has 5 rings (SSSR count). The van der Waals surface area contributed by atoms with Gasteiger partial charge in [-0.3, -0.25) is 4.90 Å². The molecule has 0 bridgehead atoms. The number of fused-ring (bicyclic) bond motifs is 4. The van der Waals surface area contributed by atoms with E-state index in [2.05, 4.69) is 41.0 Å². The Hall–Kier alpha value is -1.29. The van der Waals surface area contributed by atoms with Gasteiger partial charge in [0.05, 0.1) is 34.5 Å². The zero-order chi connectivity index (χ0) is 27.0. The SMILES string of the molecule is CC[C@H]1CN2CCc3cc(OC)c(OC)cc3[C@@H]2C[C@@H]1C[C@@H]1c2cc(OC)c(OC)cc2CCN1C(=S)[S-].[Na+]. The Kier molecular flexibility index (Phi) is 10.3. The molecule has 2 aromatic carbocycles. The summed E-state index contributed by atoms with van der Waals surface area (Å²) in [5.74, 6) is 4.33.